The molecule has 0 radical (unpaired) electrons. The first-order valence-corrected chi connectivity index (χ1v) is 11.1. The van der Waals surface area contributed by atoms with Crippen LogP contribution in [0.5, 0.6) is 11.5 Å². The average Bonchev–Trinajstić information content (AvgIpc) is 3.33. The predicted octanol–water partition coefficient (Wildman–Crippen LogP) is 4.12. The summed E-state index contributed by atoms with van der Waals surface area (Å²) in [6.07, 6.45) is 10.2. The summed E-state index contributed by atoms with van der Waals surface area (Å²) in [5.41, 5.74) is 4.35. The predicted molar refractivity (Wildman–Crippen MR) is 123 cm³/mol. The van der Waals surface area contributed by atoms with E-state index < -0.39 is 0 Å². The van der Waals surface area contributed by atoms with E-state index in [0.717, 1.165) is 48.1 Å². The van der Waals surface area contributed by atoms with Crippen LogP contribution in [0, 0.1) is 5.92 Å². The van der Waals surface area contributed by atoms with Gasteiger partial charge in [0, 0.05) is 41.7 Å². The number of pyridine rings is 1. The third kappa shape index (κ3) is 5.10. The van der Waals surface area contributed by atoms with Crippen molar-refractivity contribution in [1.29, 1.82) is 0 Å². The van der Waals surface area contributed by atoms with E-state index in [1.165, 1.54) is 5.69 Å². The minimum Gasteiger partial charge on any atom is -0.497 e. The second kappa shape index (κ2) is 10.3. The lowest BCUT2D eigenvalue weighted by atomic mass is 9.79. The second-order valence-corrected chi connectivity index (χ2v) is 8.31. The van der Waals surface area contributed by atoms with Gasteiger partial charge in [-0.05, 0) is 67.5 Å². The van der Waals surface area contributed by atoms with Gasteiger partial charge >= 0.3 is 0 Å². The van der Waals surface area contributed by atoms with Gasteiger partial charge in [-0.3, -0.25) is 14.9 Å². The first-order chi connectivity index (χ1) is 15.7. The number of hydrogen-bond donors (Lipinski definition) is 2. The normalized spacial score (nSPS) is 18.2. The number of H-pyrrole nitrogens is 1. The van der Waals surface area contributed by atoms with Crippen molar-refractivity contribution in [1.82, 2.24) is 20.5 Å². The highest BCUT2D eigenvalue weighted by Gasteiger charge is 2.26. The first kappa shape index (κ1) is 21.9. The van der Waals surface area contributed by atoms with Crippen LogP contribution in [-0.2, 0) is 11.2 Å². The van der Waals surface area contributed by atoms with Crippen molar-refractivity contribution < 1.29 is 14.3 Å². The summed E-state index contributed by atoms with van der Waals surface area (Å²) >= 11 is 0. The molecule has 7 nitrogen and oxygen atoms in total. The zero-order valence-corrected chi connectivity index (χ0v) is 18.6. The molecule has 32 heavy (non-hydrogen) atoms. The van der Waals surface area contributed by atoms with Crippen LogP contribution < -0.4 is 14.8 Å². The summed E-state index contributed by atoms with van der Waals surface area (Å²) in [5, 5.41) is 10.6. The number of amides is 1. The minimum atomic E-state index is 0.00668. The number of nitrogens with one attached hydrogen (secondary N) is 2. The highest BCUT2D eigenvalue weighted by atomic mass is 16.5. The molecule has 1 amide bonds. The average molecular weight is 435 g/mol. The Balaban J connectivity index is 1.28. The topological polar surface area (TPSA) is 89.1 Å². The highest BCUT2D eigenvalue weighted by molar-refractivity contribution is 5.79. The molecule has 1 aliphatic rings. The molecule has 0 atom stereocenters. The molecular weight excluding hydrogens is 404 g/mol. The van der Waals surface area contributed by atoms with Crippen LogP contribution >= 0.6 is 0 Å². The first-order valence-electron chi connectivity index (χ1n) is 11.1. The van der Waals surface area contributed by atoms with Crippen molar-refractivity contribution in [2.24, 2.45) is 5.92 Å². The largest absolute Gasteiger partial charge is 0.497 e. The lowest BCUT2D eigenvalue weighted by Crippen LogP contribution is -2.32. The molecule has 1 fully saturated rings. The maximum atomic E-state index is 12.5. The zero-order valence-electron chi connectivity index (χ0n) is 18.6. The number of rotatable bonds is 8. The van der Waals surface area contributed by atoms with Gasteiger partial charge < -0.3 is 14.8 Å². The molecular formula is C25H30N4O3. The van der Waals surface area contributed by atoms with E-state index in [1.54, 1.807) is 14.2 Å². The van der Waals surface area contributed by atoms with Gasteiger partial charge in [0.1, 0.15) is 11.5 Å². The van der Waals surface area contributed by atoms with Gasteiger partial charge in [-0.15, -0.1) is 0 Å². The second-order valence-electron chi connectivity index (χ2n) is 8.31. The molecule has 4 rings (SSSR count). The van der Waals surface area contributed by atoms with Gasteiger partial charge in [0.25, 0.3) is 0 Å². The fourth-order valence-electron chi connectivity index (χ4n) is 4.54. The molecule has 2 heterocycles. The number of methoxy groups -OCH3 is 2. The quantitative estimate of drug-likeness (QED) is 0.557. The molecule has 0 spiro atoms. The van der Waals surface area contributed by atoms with Gasteiger partial charge in [-0.2, -0.15) is 5.10 Å². The molecule has 2 N–H and O–H groups in total. The molecule has 7 heteroatoms. The van der Waals surface area contributed by atoms with Gasteiger partial charge in [-0.25, -0.2) is 0 Å². The van der Waals surface area contributed by atoms with Crippen LogP contribution in [0.1, 0.15) is 42.9 Å². The van der Waals surface area contributed by atoms with Crippen LogP contribution in [0.3, 0.4) is 0 Å². The van der Waals surface area contributed by atoms with E-state index in [1.807, 2.05) is 48.9 Å². The van der Waals surface area contributed by atoms with Crippen LogP contribution in [0.4, 0.5) is 0 Å². The number of ether oxygens (including phenoxy) is 2. The number of nitrogens with zero attached hydrogens (tertiary/aromatic N) is 2. The summed E-state index contributed by atoms with van der Waals surface area (Å²) in [4.78, 5) is 16.7. The fourth-order valence-corrected chi connectivity index (χ4v) is 4.54. The van der Waals surface area contributed by atoms with Crippen molar-refractivity contribution in [3.05, 3.63) is 60.2 Å². The van der Waals surface area contributed by atoms with E-state index >= 15 is 0 Å². The summed E-state index contributed by atoms with van der Waals surface area (Å²) in [5.74, 6) is 2.39. The lowest BCUT2D eigenvalue weighted by Gasteiger charge is -2.28. The van der Waals surface area contributed by atoms with E-state index in [4.69, 9.17) is 9.47 Å². The van der Waals surface area contributed by atoms with Crippen molar-refractivity contribution >= 4 is 5.91 Å². The maximum Gasteiger partial charge on any atom is 0.224 e. The molecule has 3 aromatic rings. The smallest absolute Gasteiger partial charge is 0.224 e. The standard InChI is InChI=1S/C25H30N4O3/c1-31-21-7-8-23(32-2)20(13-21)14-24(30)27-15-17-3-5-19(6-4-17)25-22(16-28-29-25)18-9-11-26-12-10-18/h7-13,16-17,19H,3-6,14-15H2,1-2H3,(H,27,30)(H,28,29). The number of aromatic amines is 1. The molecule has 0 saturated heterocycles. The lowest BCUT2D eigenvalue weighted by molar-refractivity contribution is -0.120. The molecule has 1 saturated carbocycles. The van der Waals surface area contributed by atoms with Crippen molar-refractivity contribution in [3.63, 3.8) is 0 Å². The van der Waals surface area contributed by atoms with Crippen LogP contribution in [0.25, 0.3) is 11.1 Å². The summed E-state index contributed by atoms with van der Waals surface area (Å²) in [7, 11) is 3.23. The summed E-state index contributed by atoms with van der Waals surface area (Å²) in [6.45, 7) is 0.706. The SMILES string of the molecule is COc1ccc(OC)c(CC(=O)NCC2CCC(c3[nH]ncc3-c3ccncc3)CC2)c1. The van der Waals surface area contributed by atoms with Gasteiger partial charge in [0.05, 0.1) is 26.8 Å². The Morgan fingerprint density at radius 2 is 1.88 bits per heavy atom. The third-order valence-electron chi connectivity index (χ3n) is 6.34. The third-order valence-corrected chi connectivity index (χ3v) is 6.34. The van der Waals surface area contributed by atoms with Crippen molar-refractivity contribution in [2.75, 3.05) is 20.8 Å². The molecule has 0 unspecified atom stereocenters. The van der Waals surface area contributed by atoms with E-state index in [2.05, 4.69) is 20.5 Å². The fraction of sp³-hybridized carbons (Fsp3) is 0.400. The van der Waals surface area contributed by atoms with Gasteiger partial charge in [-0.1, -0.05) is 0 Å². The van der Waals surface area contributed by atoms with Crippen LogP contribution in [-0.4, -0.2) is 41.9 Å². The Hall–Kier alpha value is -3.35. The Bertz CT molecular complexity index is 1030. The van der Waals surface area contributed by atoms with E-state index in [-0.39, 0.29) is 12.3 Å². The zero-order chi connectivity index (χ0) is 22.3. The highest BCUT2D eigenvalue weighted by Crippen LogP contribution is 2.38. The molecule has 168 valence electrons. The van der Waals surface area contributed by atoms with E-state index in [0.29, 0.717) is 24.1 Å². The summed E-state index contributed by atoms with van der Waals surface area (Å²) < 4.78 is 10.7. The number of carbonyl (C=O) groups excluding carboxylic acids is 1. The number of aromatic nitrogens is 3. The molecule has 2 aromatic heterocycles. The number of hydrogen-bond acceptors (Lipinski definition) is 5. The van der Waals surface area contributed by atoms with Gasteiger partial charge in [0.2, 0.25) is 5.91 Å². The monoisotopic (exact) mass is 434 g/mol. The Morgan fingerprint density at radius 1 is 1.09 bits per heavy atom. The summed E-state index contributed by atoms with van der Waals surface area (Å²) in [6, 6.07) is 9.56. The van der Waals surface area contributed by atoms with Crippen molar-refractivity contribution in [3.8, 4) is 22.6 Å². The minimum absolute atomic E-state index is 0.00668. The molecule has 0 aliphatic heterocycles. The van der Waals surface area contributed by atoms with E-state index in [9.17, 15) is 4.79 Å². The number of carbonyl (C=O) groups is 1. The molecule has 1 aromatic carbocycles. The molecule has 0 bridgehead atoms. The Kier molecular flexibility index (Phi) is 7.04. The molecule has 1 aliphatic carbocycles. The van der Waals surface area contributed by atoms with Gasteiger partial charge in [0.15, 0.2) is 0 Å². The van der Waals surface area contributed by atoms with Crippen LogP contribution in [0.2, 0.25) is 0 Å². The number of benzene rings is 1. The van der Waals surface area contributed by atoms with Crippen LogP contribution in [0.15, 0.2) is 48.9 Å². The Morgan fingerprint density at radius 3 is 2.59 bits per heavy atom. The maximum absolute atomic E-state index is 12.5. The Labute approximate surface area is 188 Å². The van der Waals surface area contributed by atoms with Crippen molar-refractivity contribution in [2.45, 2.75) is 38.0 Å².